The molecule has 0 aliphatic carbocycles. The summed E-state index contributed by atoms with van der Waals surface area (Å²) < 4.78 is 9.28. The van der Waals surface area contributed by atoms with Crippen molar-refractivity contribution >= 4 is 173 Å². The second-order valence-electron chi connectivity index (χ2n) is 37.5. The Labute approximate surface area is 844 Å². The van der Waals surface area contributed by atoms with Crippen LogP contribution in [0.15, 0.2) is 516 Å². The Balaban J connectivity index is 0.000000106. The highest BCUT2D eigenvalue weighted by Gasteiger charge is 2.27. The predicted octanol–water partition coefficient (Wildman–Crippen LogP) is 36.2. The van der Waals surface area contributed by atoms with Crippen LogP contribution < -0.4 is 0 Å². The third-order valence-corrected chi connectivity index (χ3v) is 30.2. The second-order valence-corrected chi connectivity index (χ2v) is 38.6. The van der Waals surface area contributed by atoms with Crippen LogP contribution in [0.25, 0.3) is 280 Å². The van der Waals surface area contributed by atoms with Crippen LogP contribution in [0.1, 0.15) is 0 Å². The summed E-state index contributed by atoms with van der Waals surface area (Å²) in [5.41, 5.74) is 30.0. The van der Waals surface area contributed by atoms with Crippen molar-refractivity contribution in [3.05, 3.63) is 516 Å². The third kappa shape index (κ3) is 14.9. The molecule has 7 heterocycles. The number of para-hydroxylation sites is 3. The van der Waals surface area contributed by atoms with Crippen molar-refractivity contribution in [3.8, 4) is 118 Å². The Hall–Kier alpha value is -19.3. The maximum absolute atomic E-state index is 5.66. The van der Waals surface area contributed by atoms with E-state index in [0.29, 0.717) is 11.9 Å². The number of rotatable bonds is 12. The average Bonchev–Trinajstić information content (AvgIpc) is 1.54. The van der Waals surface area contributed by atoms with Crippen LogP contribution in [0, 0.1) is 0 Å². The zero-order valence-electron chi connectivity index (χ0n) is 79.0. The summed E-state index contributed by atoms with van der Waals surface area (Å²) in [7, 11) is 0. The van der Waals surface area contributed by atoms with Crippen LogP contribution in [0.4, 0.5) is 0 Å². The third-order valence-electron chi connectivity index (χ3n) is 28.9. The van der Waals surface area contributed by atoms with Gasteiger partial charge < -0.3 is 0 Å². The van der Waals surface area contributed by atoms with Gasteiger partial charge in [0.05, 0.1) is 66.6 Å². The van der Waals surface area contributed by atoms with Crippen LogP contribution in [0.2, 0.25) is 0 Å². The number of fused-ring (bicyclic) bond motifs is 19. The molecule has 7 aromatic heterocycles. The first kappa shape index (κ1) is 84.8. The summed E-state index contributed by atoms with van der Waals surface area (Å²) in [5.74, 6) is 2.16. The monoisotopic (exact) mass is 1880 g/mol. The Kier molecular flexibility index (Phi) is 20.6. The lowest BCUT2D eigenvalue weighted by Gasteiger charge is -2.17. The molecule has 146 heavy (non-hydrogen) atoms. The lowest BCUT2D eigenvalue weighted by Crippen LogP contribution is -2.04. The average molecular weight is 1880 g/mol. The molecule has 30 aromatic rings. The molecule has 0 N–H and O–H groups in total. The maximum Gasteiger partial charge on any atom is 0.235 e. The van der Waals surface area contributed by atoms with Gasteiger partial charge in [-0.25, -0.2) is 29.9 Å². The van der Waals surface area contributed by atoms with Crippen LogP contribution in [-0.4, -0.2) is 43.6 Å². The Morgan fingerprint density at radius 3 is 0.938 bits per heavy atom. The zero-order chi connectivity index (χ0) is 96.2. The van der Waals surface area contributed by atoms with Crippen LogP contribution >= 0.6 is 11.3 Å². The summed E-state index contributed by atoms with van der Waals surface area (Å²) >= 11 is 1.83. The van der Waals surface area contributed by atoms with E-state index in [9.17, 15) is 0 Å². The molecule has 23 aromatic carbocycles. The van der Waals surface area contributed by atoms with E-state index < -0.39 is 0 Å². The minimum Gasteiger partial charge on any atom is -0.292 e. The summed E-state index contributed by atoms with van der Waals surface area (Å²) in [6, 6.07) is 184. The first-order chi connectivity index (χ1) is 72.3. The Morgan fingerprint density at radius 1 is 0.151 bits per heavy atom. The van der Waals surface area contributed by atoms with E-state index in [4.69, 9.17) is 29.9 Å². The normalized spacial score (nSPS) is 11.7. The molecule has 0 saturated carbocycles. The number of thiophene rings is 1. The highest BCUT2D eigenvalue weighted by molar-refractivity contribution is 7.26. The largest absolute Gasteiger partial charge is 0.292 e. The second kappa shape index (κ2) is 35.5. The first-order valence-electron chi connectivity index (χ1n) is 49.5. The lowest BCUT2D eigenvalue weighted by molar-refractivity contribution is 1.01. The Morgan fingerprint density at radius 2 is 0.479 bits per heavy atom. The van der Waals surface area contributed by atoms with E-state index in [2.05, 4.69) is 517 Å². The summed E-state index contributed by atoms with van der Waals surface area (Å²) in [6.45, 7) is 0. The number of hydrogen-bond acceptors (Lipinski definition) is 7. The highest BCUT2D eigenvalue weighted by Crippen LogP contribution is 2.48. The molecular formula is C136H85N9S. The number of hydrogen-bond donors (Lipinski definition) is 0. The van der Waals surface area contributed by atoms with Crippen molar-refractivity contribution < 1.29 is 0 Å². The fourth-order valence-corrected chi connectivity index (χ4v) is 23.1. The van der Waals surface area contributed by atoms with Crippen LogP contribution in [0.3, 0.4) is 0 Å². The van der Waals surface area contributed by atoms with Gasteiger partial charge in [-0.05, 0) is 213 Å². The molecular weight excluding hydrogens is 1790 g/mol. The van der Waals surface area contributed by atoms with E-state index in [-0.39, 0.29) is 0 Å². The number of nitrogens with zero attached hydrogens (tertiary/aromatic N) is 9. The summed E-state index contributed by atoms with van der Waals surface area (Å²) in [6.07, 6.45) is 0. The van der Waals surface area contributed by atoms with Gasteiger partial charge in [-0.1, -0.05) is 413 Å². The van der Waals surface area contributed by atoms with Gasteiger partial charge in [0.2, 0.25) is 11.9 Å². The van der Waals surface area contributed by atoms with E-state index in [1.165, 1.54) is 118 Å². The summed E-state index contributed by atoms with van der Waals surface area (Å²) in [5, 5.41) is 21.4. The smallest absolute Gasteiger partial charge is 0.235 e. The molecule has 0 spiro atoms. The fourth-order valence-electron chi connectivity index (χ4n) is 21.8. The topological polar surface area (TPSA) is 92.1 Å². The van der Waals surface area contributed by atoms with Gasteiger partial charge in [-0.3, -0.25) is 13.7 Å². The molecule has 0 amide bonds. The van der Waals surface area contributed by atoms with Gasteiger partial charge in [-0.2, -0.15) is 0 Å². The molecule has 30 rings (SSSR count). The minimum atomic E-state index is 0.664. The van der Waals surface area contributed by atoms with Crippen molar-refractivity contribution in [1.82, 2.24) is 43.6 Å². The van der Waals surface area contributed by atoms with Gasteiger partial charge in [0.25, 0.3) is 0 Å². The molecule has 10 heteroatoms. The number of aromatic nitrogens is 9. The molecule has 0 saturated heterocycles. The molecule has 0 unspecified atom stereocenters. The molecule has 9 nitrogen and oxygen atoms in total. The van der Waals surface area contributed by atoms with Gasteiger partial charge in [0.1, 0.15) is 5.69 Å². The molecule has 0 fully saturated rings. The molecule has 0 aliphatic rings. The van der Waals surface area contributed by atoms with Gasteiger partial charge in [0, 0.05) is 80.0 Å². The van der Waals surface area contributed by atoms with E-state index in [1.807, 2.05) is 23.5 Å². The predicted molar refractivity (Wildman–Crippen MR) is 613 cm³/mol. The van der Waals surface area contributed by atoms with E-state index in [0.717, 1.165) is 150 Å². The minimum absolute atomic E-state index is 0.664. The zero-order valence-corrected chi connectivity index (χ0v) is 79.8. The molecule has 0 bridgehead atoms. The van der Waals surface area contributed by atoms with Crippen LogP contribution in [-0.2, 0) is 0 Å². The molecule has 0 radical (unpaired) electrons. The van der Waals surface area contributed by atoms with Gasteiger partial charge >= 0.3 is 0 Å². The van der Waals surface area contributed by atoms with E-state index in [1.54, 1.807) is 0 Å². The Bertz CT molecular complexity index is 10400. The van der Waals surface area contributed by atoms with Crippen molar-refractivity contribution in [2.24, 2.45) is 0 Å². The van der Waals surface area contributed by atoms with Crippen molar-refractivity contribution in [1.29, 1.82) is 0 Å². The maximum atomic E-state index is 5.66. The summed E-state index contributed by atoms with van der Waals surface area (Å²) in [4.78, 5) is 32.6. The quantitative estimate of drug-likeness (QED) is 0.121. The highest BCUT2D eigenvalue weighted by atomic mass is 32.1. The first-order valence-corrected chi connectivity index (χ1v) is 50.3. The lowest BCUT2D eigenvalue weighted by atomic mass is 9.93. The SMILES string of the molecule is c1ccc(-c2cc3nc(-c4cccc5c4sc4ccccc45)c(-n4c5ccccc5c5cc6ccccc6cc54)nc3cc2-c2ccccc2)cc1.c1ccc(-c2ccc(-c3ccc4nc(-n5c6ccccc6c6cc7ccccc7cc65)nc(-c5ccc6ccccc6c5)c4c3)cc2)cc1.c1ccc(-c2ccc(-c3ccc4nc(-n5c6ccccc6c6cc7ccccc7cc65)nc(-c5ccccc5)c4c3)cc2)cc1. The molecule has 0 aliphatic heterocycles. The fraction of sp³-hybridized carbons (Fsp3) is 0. The van der Waals surface area contributed by atoms with Gasteiger partial charge in [0.15, 0.2) is 5.82 Å². The van der Waals surface area contributed by atoms with Crippen molar-refractivity contribution in [3.63, 3.8) is 0 Å². The standard InChI is InChI=1S/C48H29N3S.C46H29N3.C42H27N3/c1-3-14-30(15-4-1)38-28-41-42(29-39(38)31-16-5-2-6-17-31)50-48(46(49-41)37-23-13-22-36-35-21-10-12-25-45(35)52-47(36)37)51-43-24-11-9-20-34(43)40-26-32-18-7-8-19-33(32)27-44(40)51;1-2-10-30(11-3-1)32-18-20-33(21-19-32)37-24-25-42-41(28-37)45(38-23-22-31-12-4-5-13-34(31)26-38)48-46(47-42)49-43-17-9-8-16-39(43)40-27-35-14-6-7-15-36(35)29-44(40)49;1-3-11-28(12-4-1)29-19-21-30(22-20-29)34-23-24-38-37(26-34)41(31-13-5-2-6-14-31)44-42(43-38)45-39-18-10-9-17-35(39)36-25-32-15-7-8-16-33(32)27-40(36)45/h1-29H;1-29H;1-27H. The van der Waals surface area contributed by atoms with Crippen molar-refractivity contribution in [2.75, 3.05) is 0 Å². The van der Waals surface area contributed by atoms with Crippen LogP contribution in [0.5, 0.6) is 0 Å². The van der Waals surface area contributed by atoms with Crippen molar-refractivity contribution in [2.45, 2.75) is 0 Å². The van der Waals surface area contributed by atoms with Gasteiger partial charge in [-0.15, -0.1) is 11.3 Å². The molecule has 680 valence electrons. The van der Waals surface area contributed by atoms with E-state index >= 15 is 0 Å². The number of benzene rings is 23. The molecule has 0 atom stereocenters.